The van der Waals surface area contributed by atoms with Crippen LogP contribution < -0.4 is 10.1 Å². The summed E-state index contributed by atoms with van der Waals surface area (Å²) in [4.78, 5) is 17.2. The second kappa shape index (κ2) is 10.7. The summed E-state index contributed by atoms with van der Waals surface area (Å²) in [6.45, 7) is 5.93. The van der Waals surface area contributed by atoms with Gasteiger partial charge < -0.3 is 19.5 Å². The fourth-order valence-electron chi connectivity index (χ4n) is 4.56. The van der Waals surface area contributed by atoms with Gasteiger partial charge in [-0.3, -0.25) is 9.69 Å². The Morgan fingerprint density at radius 2 is 2.09 bits per heavy atom. The standard InChI is InChI=1S/C24H34N6O2/c1-28-12-5-9-20(18-28)24(31)25-17-23-27-26-22-11-14-29(15-16-30(22)23)13-6-8-19-7-3-4-10-21(19)32-2/h3-4,6-8,10,20H,5,9,11-18H2,1-2H3,(H,25,31)/b8-6+/t20-/m1/s1. The van der Waals surface area contributed by atoms with E-state index in [0.29, 0.717) is 6.54 Å². The normalized spacial score (nSPS) is 20.1. The van der Waals surface area contributed by atoms with Gasteiger partial charge in [0, 0.05) is 44.7 Å². The summed E-state index contributed by atoms with van der Waals surface area (Å²) in [6, 6.07) is 8.04. The van der Waals surface area contributed by atoms with Gasteiger partial charge in [0.15, 0.2) is 5.82 Å². The number of fused-ring (bicyclic) bond motifs is 1. The van der Waals surface area contributed by atoms with E-state index in [4.69, 9.17) is 4.74 Å². The summed E-state index contributed by atoms with van der Waals surface area (Å²) in [5, 5.41) is 11.9. The molecule has 172 valence electrons. The van der Waals surface area contributed by atoms with Crippen LogP contribution in [0.4, 0.5) is 0 Å². The van der Waals surface area contributed by atoms with E-state index in [9.17, 15) is 4.79 Å². The van der Waals surface area contributed by atoms with Gasteiger partial charge in [0.1, 0.15) is 11.6 Å². The molecule has 1 N–H and O–H groups in total. The Morgan fingerprint density at radius 1 is 1.22 bits per heavy atom. The Labute approximate surface area is 190 Å². The second-order valence-electron chi connectivity index (χ2n) is 8.70. The number of benzene rings is 1. The zero-order valence-electron chi connectivity index (χ0n) is 19.2. The molecule has 4 rings (SSSR count). The minimum absolute atomic E-state index is 0.0748. The summed E-state index contributed by atoms with van der Waals surface area (Å²) in [7, 11) is 3.78. The lowest BCUT2D eigenvalue weighted by atomic mass is 9.98. The molecule has 1 amide bonds. The van der Waals surface area contributed by atoms with Gasteiger partial charge in [-0.05, 0) is 32.5 Å². The fraction of sp³-hybridized carbons (Fsp3) is 0.542. The monoisotopic (exact) mass is 438 g/mol. The van der Waals surface area contributed by atoms with Crippen LogP contribution in [-0.2, 0) is 24.3 Å². The molecular weight excluding hydrogens is 404 g/mol. The number of likely N-dealkylation sites (tertiary alicyclic amines) is 1. The summed E-state index contributed by atoms with van der Waals surface area (Å²) in [5.41, 5.74) is 1.09. The molecule has 1 aromatic heterocycles. The van der Waals surface area contributed by atoms with E-state index in [1.807, 2.05) is 18.2 Å². The van der Waals surface area contributed by atoms with Crippen LogP contribution in [-0.4, -0.2) is 77.4 Å². The van der Waals surface area contributed by atoms with Gasteiger partial charge in [-0.15, -0.1) is 10.2 Å². The molecule has 0 saturated carbocycles. The molecule has 0 spiro atoms. The first kappa shape index (κ1) is 22.5. The first-order chi connectivity index (χ1) is 15.6. The van der Waals surface area contributed by atoms with Crippen molar-refractivity contribution >= 4 is 12.0 Å². The number of amides is 1. The van der Waals surface area contributed by atoms with Crippen molar-refractivity contribution in [1.82, 2.24) is 29.9 Å². The molecule has 1 atom stereocenters. The van der Waals surface area contributed by atoms with Crippen LogP contribution in [0, 0.1) is 5.92 Å². The van der Waals surface area contributed by atoms with Crippen molar-refractivity contribution in [1.29, 1.82) is 0 Å². The summed E-state index contributed by atoms with van der Waals surface area (Å²) < 4.78 is 7.60. The maximum absolute atomic E-state index is 12.6. The fourth-order valence-corrected chi connectivity index (χ4v) is 4.56. The first-order valence-corrected chi connectivity index (χ1v) is 11.5. The van der Waals surface area contributed by atoms with Gasteiger partial charge >= 0.3 is 0 Å². The van der Waals surface area contributed by atoms with Crippen LogP contribution in [0.3, 0.4) is 0 Å². The molecule has 32 heavy (non-hydrogen) atoms. The highest BCUT2D eigenvalue weighted by Crippen LogP contribution is 2.19. The number of methoxy groups -OCH3 is 1. The van der Waals surface area contributed by atoms with Crippen LogP contribution in [0.1, 0.15) is 30.1 Å². The van der Waals surface area contributed by atoms with Crippen LogP contribution in [0.25, 0.3) is 6.08 Å². The van der Waals surface area contributed by atoms with E-state index in [1.54, 1.807) is 7.11 Å². The Kier molecular flexibility index (Phi) is 7.55. The number of aromatic nitrogens is 3. The summed E-state index contributed by atoms with van der Waals surface area (Å²) in [5.74, 6) is 2.94. The third kappa shape index (κ3) is 5.55. The Hall–Kier alpha value is -2.71. The number of para-hydroxylation sites is 1. The molecule has 1 saturated heterocycles. The summed E-state index contributed by atoms with van der Waals surface area (Å²) >= 11 is 0. The van der Waals surface area contributed by atoms with Gasteiger partial charge in [-0.2, -0.15) is 0 Å². The lowest BCUT2D eigenvalue weighted by Gasteiger charge is -2.28. The quantitative estimate of drug-likeness (QED) is 0.711. The highest BCUT2D eigenvalue weighted by Gasteiger charge is 2.24. The predicted molar refractivity (Wildman–Crippen MR) is 124 cm³/mol. The number of nitrogens with zero attached hydrogens (tertiary/aromatic N) is 5. The van der Waals surface area contributed by atoms with Crippen molar-refractivity contribution in [2.45, 2.75) is 32.4 Å². The van der Waals surface area contributed by atoms with Crippen LogP contribution in [0.5, 0.6) is 5.75 Å². The van der Waals surface area contributed by atoms with Crippen molar-refractivity contribution in [3.63, 3.8) is 0 Å². The first-order valence-electron chi connectivity index (χ1n) is 11.5. The Balaban J connectivity index is 1.29. The zero-order chi connectivity index (χ0) is 22.3. The topological polar surface area (TPSA) is 75.5 Å². The molecule has 0 radical (unpaired) electrons. The zero-order valence-corrected chi connectivity index (χ0v) is 19.2. The number of piperidine rings is 1. The smallest absolute Gasteiger partial charge is 0.224 e. The molecule has 0 aliphatic carbocycles. The SMILES string of the molecule is COc1ccccc1/C=C/CN1CCc2nnc(CNC(=O)[C@@H]3CCCN(C)C3)n2CC1. The van der Waals surface area contributed by atoms with Crippen molar-refractivity contribution in [2.75, 3.05) is 46.9 Å². The van der Waals surface area contributed by atoms with Gasteiger partial charge in [0.05, 0.1) is 19.6 Å². The van der Waals surface area contributed by atoms with Crippen LogP contribution in [0.2, 0.25) is 0 Å². The molecule has 3 heterocycles. The number of carbonyl (C=O) groups excluding carboxylic acids is 1. The van der Waals surface area contributed by atoms with Gasteiger partial charge in [0.25, 0.3) is 0 Å². The largest absolute Gasteiger partial charge is 0.496 e. The highest BCUT2D eigenvalue weighted by molar-refractivity contribution is 5.78. The minimum Gasteiger partial charge on any atom is -0.496 e. The average Bonchev–Trinajstić information content (AvgIpc) is 3.09. The van der Waals surface area contributed by atoms with E-state index >= 15 is 0 Å². The maximum Gasteiger partial charge on any atom is 0.224 e. The Morgan fingerprint density at radius 3 is 2.94 bits per heavy atom. The molecule has 8 heteroatoms. The molecule has 1 fully saturated rings. The minimum atomic E-state index is 0.0748. The molecule has 2 aliphatic rings. The molecule has 2 aliphatic heterocycles. The number of carbonyl (C=O) groups is 1. The van der Waals surface area contributed by atoms with Crippen molar-refractivity contribution in [3.8, 4) is 5.75 Å². The lowest BCUT2D eigenvalue weighted by Crippen LogP contribution is -2.41. The summed E-state index contributed by atoms with van der Waals surface area (Å²) in [6.07, 6.45) is 7.21. The van der Waals surface area contributed by atoms with Crippen molar-refractivity contribution in [2.24, 2.45) is 5.92 Å². The van der Waals surface area contributed by atoms with Crippen LogP contribution >= 0.6 is 0 Å². The number of hydrogen-bond acceptors (Lipinski definition) is 6. The molecule has 1 aromatic carbocycles. The molecule has 2 aromatic rings. The van der Waals surface area contributed by atoms with E-state index in [-0.39, 0.29) is 11.8 Å². The average molecular weight is 439 g/mol. The van der Waals surface area contributed by atoms with Gasteiger partial charge in [-0.1, -0.05) is 30.4 Å². The van der Waals surface area contributed by atoms with E-state index in [1.165, 1.54) is 0 Å². The van der Waals surface area contributed by atoms with Crippen molar-refractivity contribution < 1.29 is 9.53 Å². The Bertz CT molecular complexity index is 940. The molecule has 0 unspecified atom stereocenters. The predicted octanol–water partition coefficient (Wildman–Crippen LogP) is 1.82. The second-order valence-corrected chi connectivity index (χ2v) is 8.70. The number of hydrogen-bond donors (Lipinski definition) is 1. The number of rotatable bonds is 7. The molecule has 0 bridgehead atoms. The van der Waals surface area contributed by atoms with Gasteiger partial charge in [-0.25, -0.2) is 0 Å². The van der Waals surface area contributed by atoms with E-state index in [2.05, 4.69) is 55.1 Å². The number of ether oxygens (including phenoxy) is 1. The number of nitrogens with one attached hydrogen (secondary N) is 1. The van der Waals surface area contributed by atoms with Crippen molar-refractivity contribution in [3.05, 3.63) is 47.6 Å². The maximum atomic E-state index is 12.6. The third-order valence-corrected chi connectivity index (χ3v) is 6.41. The lowest BCUT2D eigenvalue weighted by molar-refractivity contribution is -0.126. The third-order valence-electron chi connectivity index (χ3n) is 6.41. The molecular formula is C24H34N6O2. The van der Waals surface area contributed by atoms with Gasteiger partial charge in [0.2, 0.25) is 5.91 Å². The van der Waals surface area contributed by atoms with E-state index < -0.39 is 0 Å². The highest BCUT2D eigenvalue weighted by atomic mass is 16.5. The van der Waals surface area contributed by atoms with E-state index in [0.717, 1.165) is 81.5 Å². The van der Waals surface area contributed by atoms with Crippen LogP contribution in [0.15, 0.2) is 30.3 Å². The molecule has 8 nitrogen and oxygen atoms in total.